The van der Waals surface area contributed by atoms with Crippen LogP contribution in [0, 0.1) is 6.92 Å². The summed E-state index contributed by atoms with van der Waals surface area (Å²) in [5.41, 5.74) is 7.69. The number of ether oxygens (including phenoxy) is 1. The Morgan fingerprint density at radius 3 is 2.95 bits per heavy atom. The first-order chi connectivity index (χ1) is 9.65. The zero-order chi connectivity index (χ0) is 14.5. The minimum absolute atomic E-state index is 0.0174. The maximum absolute atomic E-state index is 12.1. The number of carbonyl (C=O) groups excluding carboxylic acids is 1. The van der Waals surface area contributed by atoms with E-state index in [4.69, 9.17) is 15.6 Å². The van der Waals surface area contributed by atoms with E-state index >= 15 is 0 Å². The van der Waals surface area contributed by atoms with Crippen molar-refractivity contribution < 1.29 is 14.6 Å². The van der Waals surface area contributed by atoms with Crippen molar-refractivity contribution in [2.45, 2.75) is 6.92 Å². The molecule has 6 heteroatoms. The number of hydrogen-bond acceptors (Lipinski definition) is 5. The Hall–Kier alpha value is -1.63. The van der Waals surface area contributed by atoms with Crippen LogP contribution in [0.1, 0.15) is 15.2 Å². The molecule has 4 N–H and O–H groups in total. The molecule has 0 radical (unpaired) electrons. The van der Waals surface area contributed by atoms with E-state index < -0.39 is 0 Å². The first-order valence-electron chi connectivity index (χ1n) is 6.39. The molecule has 1 aromatic heterocycles. The van der Waals surface area contributed by atoms with Crippen LogP contribution < -0.4 is 11.1 Å². The normalized spacial score (nSPS) is 10.9. The summed E-state index contributed by atoms with van der Waals surface area (Å²) in [6.07, 6.45) is 0. The number of anilines is 1. The Morgan fingerprint density at radius 1 is 1.45 bits per heavy atom. The Bertz CT molecular complexity index is 610. The van der Waals surface area contributed by atoms with Crippen molar-refractivity contribution >= 4 is 33.0 Å². The van der Waals surface area contributed by atoms with Crippen LogP contribution in [0.15, 0.2) is 18.2 Å². The maximum Gasteiger partial charge on any atom is 0.263 e. The molecule has 108 valence electrons. The Morgan fingerprint density at radius 2 is 2.25 bits per heavy atom. The third-order valence-corrected chi connectivity index (χ3v) is 4.28. The highest BCUT2D eigenvalue weighted by atomic mass is 32.1. The summed E-state index contributed by atoms with van der Waals surface area (Å²) >= 11 is 1.41. The summed E-state index contributed by atoms with van der Waals surface area (Å²) in [7, 11) is 0. The van der Waals surface area contributed by atoms with Gasteiger partial charge in [0.25, 0.3) is 5.91 Å². The van der Waals surface area contributed by atoms with Gasteiger partial charge in [-0.2, -0.15) is 0 Å². The average molecular weight is 294 g/mol. The lowest BCUT2D eigenvalue weighted by molar-refractivity contribution is 0.0841. The lowest BCUT2D eigenvalue weighted by Gasteiger charge is -2.04. The summed E-state index contributed by atoms with van der Waals surface area (Å²) in [5.74, 6) is -0.185. The first kappa shape index (κ1) is 14.8. The van der Waals surface area contributed by atoms with Gasteiger partial charge in [0.15, 0.2) is 0 Å². The second-order valence-electron chi connectivity index (χ2n) is 4.39. The fraction of sp³-hybridized carbons (Fsp3) is 0.357. The van der Waals surface area contributed by atoms with Crippen LogP contribution in [-0.4, -0.2) is 37.4 Å². The molecule has 1 aromatic carbocycles. The number of hydrogen-bond donors (Lipinski definition) is 3. The van der Waals surface area contributed by atoms with E-state index in [0.29, 0.717) is 23.7 Å². The number of amides is 1. The van der Waals surface area contributed by atoms with Gasteiger partial charge in [-0.3, -0.25) is 4.79 Å². The molecule has 20 heavy (non-hydrogen) atoms. The molecule has 0 aliphatic heterocycles. The third kappa shape index (κ3) is 3.09. The minimum atomic E-state index is -0.185. The van der Waals surface area contributed by atoms with Crippen molar-refractivity contribution in [3.8, 4) is 0 Å². The quantitative estimate of drug-likeness (QED) is 0.705. The number of benzene rings is 1. The van der Waals surface area contributed by atoms with Crippen molar-refractivity contribution in [1.29, 1.82) is 0 Å². The van der Waals surface area contributed by atoms with Crippen molar-refractivity contribution in [2.75, 3.05) is 32.1 Å². The van der Waals surface area contributed by atoms with Crippen molar-refractivity contribution in [1.82, 2.24) is 5.32 Å². The SMILES string of the molecule is Cc1cccc2c(N)c(C(=O)NCCOCCO)sc12. The van der Waals surface area contributed by atoms with Crippen molar-refractivity contribution in [3.63, 3.8) is 0 Å². The fourth-order valence-electron chi connectivity index (χ4n) is 1.93. The van der Waals surface area contributed by atoms with E-state index in [9.17, 15) is 4.79 Å². The summed E-state index contributed by atoms with van der Waals surface area (Å²) < 4.78 is 6.13. The van der Waals surface area contributed by atoms with E-state index in [1.165, 1.54) is 11.3 Å². The van der Waals surface area contributed by atoms with Crippen LogP contribution in [0.3, 0.4) is 0 Å². The van der Waals surface area contributed by atoms with Crippen LogP contribution in [0.25, 0.3) is 10.1 Å². The number of nitrogens with two attached hydrogens (primary N) is 1. The number of aliphatic hydroxyl groups is 1. The molecular formula is C14H18N2O3S. The monoisotopic (exact) mass is 294 g/mol. The fourth-order valence-corrected chi connectivity index (χ4v) is 3.04. The Kier molecular flexibility index (Phi) is 4.94. The largest absolute Gasteiger partial charge is 0.397 e. The van der Waals surface area contributed by atoms with Gasteiger partial charge in [0.05, 0.1) is 25.5 Å². The zero-order valence-corrected chi connectivity index (χ0v) is 12.1. The number of nitrogens with one attached hydrogen (secondary N) is 1. The molecular weight excluding hydrogens is 276 g/mol. The predicted molar refractivity (Wildman–Crippen MR) is 81.2 cm³/mol. The molecule has 0 saturated heterocycles. The molecule has 0 saturated carbocycles. The molecule has 1 heterocycles. The zero-order valence-electron chi connectivity index (χ0n) is 11.3. The van der Waals surface area contributed by atoms with Gasteiger partial charge in [-0.15, -0.1) is 11.3 Å². The molecule has 0 aliphatic carbocycles. The Labute approximate surface area is 121 Å². The van der Waals surface area contributed by atoms with Gasteiger partial charge in [-0.25, -0.2) is 0 Å². The highest BCUT2D eigenvalue weighted by molar-refractivity contribution is 7.21. The molecule has 0 aliphatic rings. The minimum Gasteiger partial charge on any atom is -0.397 e. The smallest absolute Gasteiger partial charge is 0.263 e. The van der Waals surface area contributed by atoms with Gasteiger partial charge in [-0.05, 0) is 12.5 Å². The molecule has 0 atom stereocenters. The summed E-state index contributed by atoms with van der Waals surface area (Å²) in [6.45, 7) is 3.03. The van der Waals surface area contributed by atoms with Crippen molar-refractivity contribution in [2.24, 2.45) is 0 Å². The van der Waals surface area contributed by atoms with Crippen LogP contribution in [0.5, 0.6) is 0 Å². The van der Waals surface area contributed by atoms with E-state index in [1.54, 1.807) is 0 Å². The Balaban J connectivity index is 2.07. The summed E-state index contributed by atoms with van der Waals surface area (Å²) in [4.78, 5) is 12.6. The van der Waals surface area contributed by atoms with Gasteiger partial charge >= 0.3 is 0 Å². The van der Waals surface area contributed by atoms with Crippen molar-refractivity contribution in [3.05, 3.63) is 28.6 Å². The van der Waals surface area contributed by atoms with Gasteiger partial charge in [0, 0.05) is 16.6 Å². The second-order valence-corrected chi connectivity index (χ2v) is 5.41. The summed E-state index contributed by atoms with van der Waals surface area (Å²) in [5, 5.41) is 12.3. The van der Waals surface area contributed by atoms with Crippen LogP contribution in [0.2, 0.25) is 0 Å². The highest BCUT2D eigenvalue weighted by Crippen LogP contribution is 2.35. The molecule has 0 fully saturated rings. The van der Waals surface area contributed by atoms with E-state index in [2.05, 4.69) is 5.32 Å². The predicted octanol–water partition coefficient (Wildman–Crippen LogP) is 1.53. The lowest BCUT2D eigenvalue weighted by Crippen LogP contribution is -2.27. The van der Waals surface area contributed by atoms with Gasteiger partial charge in [-0.1, -0.05) is 18.2 Å². The molecule has 1 amide bonds. The number of nitrogen functional groups attached to an aromatic ring is 1. The number of aliphatic hydroxyl groups excluding tert-OH is 1. The first-order valence-corrected chi connectivity index (χ1v) is 7.21. The number of aryl methyl sites for hydroxylation is 1. The van der Waals surface area contributed by atoms with Crippen LogP contribution in [-0.2, 0) is 4.74 Å². The number of fused-ring (bicyclic) bond motifs is 1. The third-order valence-electron chi connectivity index (χ3n) is 2.92. The molecule has 5 nitrogen and oxygen atoms in total. The number of carbonyl (C=O) groups is 1. The van der Waals surface area contributed by atoms with Crippen LogP contribution in [0.4, 0.5) is 5.69 Å². The molecule has 0 unspecified atom stereocenters. The van der Waals surface area contributed by atoms with Gasteiger partial charge < -0.3 is 20.9 Å². The molecule has 2 rings (SSSR count). The molecule has 0 bridgehead atoms. The highest BCUT2D eigenvalue weighted by Gasteiger charge is 2.16. The van der Waals surface area contributed by atoms with Crippen LogP contribution >= 0.6 is 11.3 Å². The second kappa shape index (κ2) is 6.69. The van der Waals surface area contributed by atoms with Gasteiger partial charge in [0.1, 0.15) is 4.88 Å². The maximum atomic E-state index is 12.1. The van der Waals surface area contributed by atoms with E-state index in [1.807, 2.05) is 25.1 Å². The standard InChI is InChI=1S/C14H18N2O3S/c1-9-3-2-4-10-11(15)13(20-12(9)10)14(18)16-5-7-19-8-6-17/h2-4,17H,5-8,15H2,1H3,(H,16,18). The lowest BCUT2D eigenvalue weighted by atomic mass is 10.1. The molecule has 0 spiro atoms. The molecule has 2 aromatic rings. The average Bonchev–Trinajstić information content (AvgIpc) is 2.78. The van der Waals surface area contributed by atoms with E-state index in [-0.39, 0.29) is 19.1 Å². The van der Waals surface area contributed by atoms with E-state index in [0.717, 1.165) is 15.6 Å². The number of rotatable bonds is 6. The topological polar surface area (TPSA) is 84.6 Å². The summed E-state index contributed by atoms with van der Waals surface area (Å²) in [6, 6.07) is 5.86. The van der Waals surface area contributed by atoms with Gasteiger partial charge in [0.2, 0.25) is 0 Å². The number of thiophene rings is 1.